The highest BCUT2D eigenvalue weighted by atomic mass is 16.5. The summed E-state index contributed by atoms with van der Waals surface area (Å²) in [5.74, 6) is 0. The zero-order valence-electron chi connectivity index (χ0n) is 11.9. The minimum atomic E-state index is -0.301. The second kappa shape index (κ2) is 7.65. The summed E-state index contributed by atoms with van der Waals surface area (Å²) in [6.45, 7) is 0.716. The van der Waals surface area contributed by atoms with Crippen LogP contribution >= 0.6 is 0 Å². The highest BCUT2D eigenvalue weighted by molar-refractivity contribution is 5.01. The molecule has 1 aliphatic carbocycles. The summed E-state index contributed by atoms with van der Waals surface area (Å²) in [5, 5.41) is 14.6. The lowest BCUT2D eigenvalue weighted by Crippen LogP contribution is -2.15. The number of methoxy groups -OCH3 is 1. The molecule has 1 saturated carbocycles. The second-order valence-electron chi connectivity index (χ2n) is 5.57. The molecule has 4 nitrogen and oxygen atoms in total. The molecule has 1 aromatic rings. The first-order valence-electron chi connectivity index (χ1n) is 7.50. The molecule has 0 bridgehead atoms. The van der Waals surface area contributed by atoms with E-state index in [-0.39, 0.29) is 6.10 Å². The van der Waals surface area contributed by atoms with Gasteiger partial charge in [-0.1, -0.05) is 19.3 Å². The molecule has 1 N–H and O–H groups in total. The van der Waals surface area contributed by atoms with Crippen molar-refractivity contribution in [1.29, 1.82) is 0 Å². The van der Waals surface area contributed by atoms with Gasteiger partial charge in [0.1, 0.15) is 0 Å². The lowest BCUT2D eigenvalue weighted by atomic mass is 9.96. The van der Waals surface area contributed by atoms with Crippen LogP contribution in [0, 0.1) is 0 Å². The van der Waals surface area contributed by atoms with E-state index in [0.29, 0.717) is 19.1 Å². The van der Waals surface area contributed by atoms with Crippen molar-refractivity contribution >= 4 is 0 Å². The molecule has 0 spiro atoms. The van der Waals surface area contributed by atoms with Crippen molar-refractivity contribution in [2.75, 3.05) is 13.7 Å². The summed E-state index contributed by atoms with van der Waals surface area (Å²) < 4.78 is 7.10. The van der Waals surface area contributed by atoms with Crippen molar-refractivity contribution < 1.29 is 9.84 Å². The second-order valence-corrected chi connectivity index (χ2v) is 5.57. The number of ether oxygens (including phenoxy) is 1. The number of hydrogen-bond donors (Lipinski definition) is 1. The lowest BCUT2D eigenvalue weighted by Gasteiger charge is -2.21. The summed E-state index contributed by atoms with van der Waals surface area (Å²) in [4.78, 5) is 0. The molecule has 1 fully saturated rings. The summed E-state index contributed by atoms with van der Waals surface area (Å²) >= 11 is 0. The quantitative estimate of drug-likeness (QED) is 0.772. The first-order valence-corrected chi connectivity index (χ1v) is 7.50. The van der Waals surface area contributed by atoms with Gasteiger partial charge in [-0.15, -0.1) is 0 Å². The largest absolute Gasteiger partial charge is 0.393 e. The van der Waals surface area contributed by atoms with Crippen LogP contribution in [0.3, 0.4) is 0 Å². The van der Waals surface area contributed by atoms with Gasteiger partial charge in [0.15, 0.2) is 0 Å². The van der Waals surface area contributed by atoms with Crippen molar-refractivity contribution in [3.05, 3.63) is 18.0 Å². The summed E-state index contributed by atoms with van der Waals surface area (Å²) in [7, 11) is 1.69. The van der Waals surface area contributed by atoms with E-state index in [2.05, 4.69) is 16.0 Å². The number of hydrogen-bond acceptors (Lipinski definition) is 3. The fraction of sp³-hybridized carbons (Fsp3) is 0.800. The molecule has 1 unspecified atom stereocenters. The van der Waals surface area contributed by atoms with Crippen molar-refractivity contribution in [3.63, 3.8) is 0 Å². The summed E-state index contributed by atoms with van der Waals surface area (Å²) in [5.41, 5.74) is 1.01. The Morgan fingerprint density at radius 3 is 2.95 bits per heavy atom. The number of aromatic nitrogens is 2. The van der Waals surface area contributed by atoms with Gasteiger partial charge in [0.25, 0.3) is 0 Å². The normalized spacial score (nSPS) is 18.6. The maximum atomic E-state index is 9.94. The Kier molecular flexibility index (Phi) is 5.86. The molecular weight excluding hydrogens is 240 g/mol. The van der Waals surface area contributed by atoms with E-state index in [9.17, 15) is 5.11 Å². The van der Waals surface area contributed by atoms with Crippen LogP contribution in [-0.4, -0.2) is 34.7 Å². The average molecular weight is 266 g/mol. The van der Waals surface area contributed by atoms with E-state index in [1.54, 1.807) is 7.11 Å². The van der Waals surface area contributed by atoms with Crippen molar-refractivity contribution in [3.8, 4) is 0 Å². The van der Waals surface area contributed by atoms with E-state index in [0.717, 1.165) is 18.5 Å². The Hall–Kier alpha value is -0.870. The van der Waals surface area contributed by atoms with Crippen molar-refractivity contribution in [1.82, 2.24) is 9.78 Å². The molecule has 4 heteroatoms. The van der Waals surface area contributed by atoms with Crippen LogP contribution in [-0.2, 0) is 11.2 Å². The zero-order valence-corrected chi connectivity index (χ0v) is 11.9. The maximum absolute atomic E-state index is 9.94. The third kappa shape index (κ3) is 4.62. The third-order valence-electron chi connectivity index (χ3n) is 3.94. The van der Waals surface area contributed by atoms with Crippen LogP contribution in [0.4, 0.5) is 0 Å². The lowest BCUT2D eigenvalue weighted by molar-refractivity contribution is 0.134. The van der Waals surface area contributed by atoms with Crippen LogP contribution in [0.1, 0.15) is 56.7 Å². The Labute approximate surface area is 115 Å². The Morgan fingerprint density at radius 2 is 2.21 bits per heavy atom. The van der Waals surface area contributed by atoms with E-state index >= 15 is 0 Å². The van der Waals surface area contributed by atoms with Gasteiger partial charge in [-0.05, 0) is 31.7 Å². The number of aliphatic hydroxyl groups excluding tert-OH is 1. The third-order valence-corrected chi connectivity index (χ3v) is 3.94. The highest BCUT2D eigenvalue weighted by Crippen LogP contribution is 2.27. The predicted octanol–water partition coefficient (Wildman–Crippen LogP) is 2.72. The molecule has 1 atom stereocenters. The molecular formula is C15H26N2O2. The zero-order chi connectivity index (χ0) is 13.5. The molecule has 2 rings (SSSR count). The van der Waals surface area contributed by atoms with Crippen molar-refractivity contribution in [2.24, 2.45) is 0 Å². The van der Waals surface area contributed by atoms with Crippen molar-refractivity contribution in [2.45, 2.75) is 63.5 Å². The van der Waals surface area contributed by atoms with Gasteiger partial charge >= 0.3 is 0 Å². The van der Waals surface area contributed by atoms with Crippen LogP contribution in [0.2, 0.25) is 0 Å². The first kappa shape index (κ1) is 14.5. The Bertz CT molecular complexity index is 359. The van der Waals surface area contributed by atoms with E-state index in [1.165, 1.54) is 32.1 Å². The SMILES string of the molecule is COCCCC(O)Cc1ccn(C2CCCCC2)n1. The van der Waals surface area contributed by atoms with Gasteiger partial charge in [-0.2, -0.15) is 5.10 Å². The van der Waals surface area contributed by atoms with Gasteiger partial charge in [0, 0.05) is 26.3 Å². The number of rotatable bonds is 7. The molecule has 1 aliphatic rings. The molecule has 0 radical (unpaired) electrons. The van der Waals surface area contributed by atoms with Gasteiger partial charge in [-0.3, -0.25) is 4.68 Å². The van der Waals surface area contributed by atoms with E-state index < -0.39 is 0 Å². The highest BCUT2D eigenvalue weighted by Gasteiger charge is 2.16. The average Bonchev–Trinajstić information content (AvgIpc) is 2.88. The van der Waals surface area contributed by atoms with Gasteiger partial charge in [0.2, 0.25) is 0 Å². The molecule has 1 aromatic heterocycles. The minimum Gasteiger partial charge on any atom is -0.393 e. The van der Waals surface area contributed by atoms with Crippen LogP contribution in [0.15, 0.2) is 12.3 Å². The minimum absolute atomic E-state index is 0.301. The fourth-order valence-corrected chi connectivity index (χ4v) is 2.84. The van der Waals surface area contributed by atoms with Gasteiger partial charge < -0.3 is 9.84 Å². The number of aliphatic hydroxyl groups is 1. The van der Waals surface area contributed by atoms with Crippen LogP contribution < -0.4 is 0 Å². The Balaban J connectivity index is 1.79. The number of nitrogens with zero attached hydrogens (tertiary/aromatic N) is 2. The molecule has 1 heterocycles. The first-order chi connectivity index (χ1) is 9.29. The van der Waals surface area contributed by atoms with E-state index in [1.807, 2.05) is 6.07 Å². The van der Waals surface area contributed by atoms with Gasteiger partial charge in [0.05, 0.1) is 17.8 Å². The molecule has 0 aromatic carbocycles. The standard InChI is InChI=1S/C15H26N2O2/c1-19-11-5-8-15(18)12-13-9-10-17(16-13)14-6-3-2-4-7-14/h9-10,14-15,18H,2-8,11-12H2,1H3. The Morgan fingerprint density at radius 1 is 1.42 bits per heavy atom. The molecule has 0 amide bonds. The van der Waals surface area contributed by atoms with E-state index in [4.69, 9.17) is 4.74 Å². The summed E-state index contributed by atoms with van der Waals surface area (Å²) in [6, 6.07) is 2.63. The van der Waals surface area contributed by atoms with Crippen LogP contribution in [0.25, 0.3) is 0 Å². The molecule has 0 saturated heterocycles. The fourth-order valence-electron chi connectivity index (χ4n) is 2.84. The predicted molar refractivity (Wildman–Crippen MR) is 75.2 cm³/mol. The smallest absolute Gasteiger partial charge is 0.0650 e. The molecule has 19 heavy (non-hydrogen) atoms. The molecule has 0 aliphatic heterocycles. The monoisotopic (exact) mass is 266 g/mol. The van der Waals surface area contributed by atoms with Gasteiger partial charge in [-0.25, -0.2) is 0 Å². The van der Waals surface area contributed by atoms with Crippen LogP contribution in [0.5, 0.6) is 0 Å². The molecule has 108 valence electrons. The topological polar surface area (TPSA) is 47.3 Å². The summed E-state index contributed by atoms with van der Waals surface area (Å²) in [6.07, 6.45) is 10.6. The maximum Gasteiger partial charge on any atom is 0.0650 e.